The zero-order chi connectivity index (χ0) is 21.2. The molecule has 3 amide bonds. The van der Waals surface area contributed by atoms with E-state index in [0.717, 1.165) is 0 Å². The van der Waals surface area contributed by atoms with Crippen LogP contribution < -0.4 is 0 Å². The number of nitrogens with zero attached hydrogens (tertiary/aromatic N) is 2. The van der Waals surface area contributed by atoms with Gasteiger partial charge in [0.1, 0.15) is 5.60 Å². The molecule has 2 N–H and O–H groups in total. The highest BCUT2D eigenvalue weighted by molar-refractivity contribution is 6.07. The van der Waals surface area contributed by atoms with Crippen LogP contribution in [0.4, 0.5) is 0 Å². The molecule has 1 atom stereocenters. The highest BCUT2D eigenvalue weighted by Gasteiger charge is 2.61. The summed E-state index contributed by atoms with van der Waals surface area (Å²) < 4.78 is 5.32. The van der Waals surface area contributed by atoms with Gasteiger partial charge in [0.15, 0.2) is 0 Å². The van der Waals surface area contributed by atoms with Crippen molar-refractivity contribution in [1.82, 2.24) is 9.96 Å². The van der Waals surface area contributed by atoms with Gasteiger partial charge in [-0.3, -0.25) is 24.4 Å². The molecule has 0 bridgehead atoms. The SMILES string of the molecule is CC(C)[C@@](C(=O)OC(C)(C)C)(N(O)C(=O)CCC(=O)O)N1C(=O)CCC1=O. The first-order chi connectivity index (χ1) is 12.2. The third kappa shape index (κ3) is 4.62. The Bertz CT molecular complexity index is 636. The molecule has 0 unspecified atom stereocenters. The van der Waals surface area contributed by atoms with E-state index in [1.54, 1.807) is 20.8 Å². The second-order valence-electron chi connectivity index (χ2n) is 7.60. The predicted molar refractivity (Wildman–Crippen MR) is 90.0 cm³/mol. The summed E-state index contributed by atoms with van der Waals surface area (Å²) in [5.41, 5.74) is -3.46. The number of esters is 1. The number of carboxylic acids is 1. The largest absolute Gasteiger partial charge is 0.481 e. The van der Waals surface area contributed by atoms with E-state index in [2.05, 4.69) is 0 Å². The van der Waals surface area contributed by atoms with E-state index in [9.17, 15) is 29.2 Å². The lowest BCUT2D eigenvalue weighted by atomic mass is 9.92. The monoisotopic (exact) mass is 386 g/mol. The molecular formula is C17H26N2O8. The van der Waals surface area contributed by atoms with E-state index in [1.807, 2.05) is 0 Å². The first kappa shape index (κ1) is 22.6. The summed E-state index contributed by atoms with van der Waals surface area (Å²) in [6.45, 7) is 7.54. The molecule has 1 heterocycles. The van der Waals surface area contributed by atoms with Gasteiger partial charge in [0.25, 0.3) is 0 Å². The third-order valence-electron chi connectivity index (χ3n) is 4.01. The predicted octanol–water partition coefficient (Wildman–Crippen LogP) is 0.912. The second-order valence-corrected chi connectivity index (χ2v) is 7.60. The van der Waals surface area contributed by atoms with E-state index in [4.69, 9.17) is 9.84 Å². The summed E-state index contributed by atoms with van der Waals surface area (Å²) in [5.74, 6) is -5.95. The fourth-order valence-corrected chi connectivity index (χ4v) is 2.83. The number of amides is 3. The number of ether oxygens (including phenoxy) is 1. The molecule has 1 aliphatic heterocycles. The maximum atomic E-state index is 13.0. The molecule has 0 saturated carbocycles. The molecule has 152 valence electrons. The zero-order valence-corrected chi connectivity index (χ0v) is 16.1. The second kappa shape index (κ2) is 8.03. The number of carbonyl (C=O) groups is 5. The van der Waals surface area contributed by atoms with Crippen LogP contribution in [0.15, 0.2) is 0 Å². The van der Waals surface area contributed by atoms with E-state index in [0.29, 0.717) is 4.90 Å². The molecule has 0 aromatic heterocycles. The Hall–Kier alpha value is -2.49. The molecule has 0 aliphatic carbocycles. The van der Waals surface area contributed by atoms with Crippen molar-refractivity contribution in [3.05, 3.63) is 0 Å². The lowest BCUT2D eigenvalue weighted by Gasteiger charge is -2.46. The number of aliphatic carboxylic acids is 1. The Balaban J connectivity index is 3.50. The Kier molecular flexibility index (Phi) is 6.71. The number of carbonyl (C=O) groups excluding carboxylic acids is 4. The molecule has 10 nitrogen and oxygen atoms in total. The van der Waals surface area contributed by atoms with Gasteiger partial charge in [-0.05, 0) is 20.8 Å². The Morgan fingerprint density at radius 3 is 1.96 bits per heavy atom. The minimum atomic E-state index is -2.42. The van der Waals surface area contributed by atoms with Gasteiger partial charge in [-0.25, -0.2) is 9.69 Å². The summed E-state index contributed by atoms with van der Waals surface area (Å²) in [5, 5.41) is 19.4. The summed E-state index contributed by atoms with van der Waals surface area (Å²) in [7, 11) is 0. The van der Waals surface area contributed by atoms with Gasteiger partial charge in [-0.1, -0.05) is 13.8 Å². The average Bonchev–Trinajstić information content (AvgIpc) is 2.83. The normalized spacial score (nSPS) is 17.1. The van der Waals surface area contributed by atoms with E-state index < -0.39 is 59.7 Å². The summed E-state index contributed by atoms with van der Waals surface area (Å²) in [4.78, 5) is 61.4. The molecule has 1 aliphatic rings. The van der Waals surface area contributed by atoms with Gasteiger partial charge < -0.3 is 9.84 Å². The van der Waals surface area contributed by atoms with Crippen molar-refractivity contribution >= 4 is 29.7 Å². The molecule has 1 saturated heterocycles. The van der Waals surface area contributed by atoms with Crippen LogP contribution in [-0.2, 0) is 28.7 Å². The maximum Gasteiger partial charge on any atom is 0.356 e. The highest BCUT2D eigenvalue weighted by Crippen LogP contribution is 2.36. The molecule has 0 spiro atoms. The molecular weight excluding hydrogens is 360 g/mol. The van der Waals surface area contributed by atoms with Crippen LogP contribution in [-0.4, -0.2) is 61.2 Å². The van der Waals surface area contributed by atoms with Crippen molar-refractivity contribution in [2.75, 3.05) is 0 Å². The van der Waals surface area contributed by atoms with E-state index in [1.165, 1.54) is 13.8 Å². The fourth-order valence-electron chi connectivity index (χ4n) is 2.83. The molecule has 0 aromatic rings. The molecule has 0 radical (unpaired) electrons. The summed E-state index contributed by atoms with van der Waals surface area (Å²) in [6.07, 6.45) is -1.57. The first-order valence-electron chi connectivity index (χ1n) is 8.58. The Labute approximate surface area is 157 Å². The number of imide groups is 1. The van der Waals surface area contributed by atoms with Crippen LogP contribution in [0.25, 0.3) is 0 Å². The minimum absolute atomic E-state index is 0.0181. The van der Waals surface area contributed by atoms with Gasteiger partial charge in [-0.15, -0.1) is 0 Å². The minimum Gasteiger partial charge on any atom is -0.481 e. The molecule has 10 heteroatoms. The van der Waals surface area contributed by atoms with Crippen LogP contribution in [0.1, 0.15) is 60.3 Å². The standard InChI is InChI=1S/C17H26N2O8/c1-10(2)17(15(25)27-16(3,4)5,18-11(20)6-7-12(18)21)19(26)13(22)8-9-14(23)24/h10,26H,6-9H2,1-5H3,(H,23,24)/t17-/m0/s1. The maximum absolute atomic E-state index is 13.0. The van der Waals surface area contributed by atoms with Gasteiger partial charge in [0.05, 0.1) is 6.42 Å². The van der Waals surface area contributed by atoms with Crippen molar-refractivity contribution in [2.24, 2.45) is 5.92 Å². The molecule has 1 fully saturated rings. The number of carboxylic acid groups (broad SMARTS) is 1. The summed E-state index contributed by atoms with van der Waals surface area (Å²) >= 11 is 0. The van der Waals surface area contributed by atoms with Gasteiger partial charge in [0.2, 0.25) is 23.4 Å². The zero-order valence-electron chi connectivity index (χ0n) is 16.1. The lowest BCUT2D eigenvalue weighted by molar-refractivity contribution is -0.247. The van der Waals surface area contributed by atoms with Crippen LogP contribution in [0.3, 0.4) is 0 Å². The van der Waals surface area contributed by atoms with Crippen molar-refractivity contribution in [2.45, 2.75) is 71.6 Å². The summed E-state index contributed by atoms with van der Waals surface area (Å²) in [6, 6.07) is 0. The van der Waals surface area contributed by atoms with Crippen molar-refractivity contribution < 1.29 is 39.0 Å². The molecule has 1 rings (SSSR count). The van der Waals surface area contributed by atoms with Crippen molar-refractivity contribution in [3.8, 4) is 0 Å². The van der Waals surface area contributed by atoms with Crippen LogP contribution in [0.5, 0.6) is 0 Å². The average molecular weight is 386 g/mol. The van der Waals surface area contributed by atoms with E-state index in [-0.39, 0.29) is 17.9 Å². The van der Waals surface area contributed by atoms with Crippen LogP contribution in [0, 0.1) is 5.92 Å². The number of hydrogen-bond acceptors (Lipinski definition) is 7. The third-order valence-corrected chi connectivity index (χ3v) is 4.01. The topological polar surface area (TPSA) is 142 Å². The highest BCUT2D eigenvalue weighted by atomic mass is 16.6. The number of likely N-dealkylation sites (tertiary alicyclic amines) is 1. The van der Waals surface area contributed by atoms with Crippen LogP contribution >= 0.6 is 0 Å². The van der Waals surface area contributed by atoms with Gasteiger partial charge in [-0.2, -0.15) is 5.06 Å². The van der Waals surface area contributed by atoms with Crippen LogP contribution in [0.2, 0.25) is 0 Å². The number of hydroxylamine groups is 2. The number of rotatable bonds is 7. The quantitative estimate of drug-likeness (QED) is 0.285. The molecule has 0 aromatic carbocycles. The Morgan fingerprint density at radius 1 is 1.11 bits per heavy atom. The first-order valence-corrected chi connectivity index (χ1v) is 8.58. The van der Waals surface area contributed by atoms with Crippen molar-refractivity contribution in [3.63, 3.8) is 0 Å². The smallest absolute Gasteiger partial charge is 0.356 e. The number of hydrogen-bond donors (Lipinski definition) is 2. The Morgan fingerprint density at radius 2 is 1.59 bits per heavy atom. The fraction of sp³-hybridized carbons (Fsp3) is 0.706. The van der Waals surface area contributed by atoms with Crippen molar-refractivity contribution in [1.29, 1.82) is 0 Å². The molecule has 27 heavy (non-hydrogen) atoms. The van der Waals surface area contributed by atoms with Gasteiger partial charge >= 0.3 is 11.9 Å². The van der Waals surface area contributed by atoms with E-state index >= 15 is 0 Å². The van der Waals surface area contributed by atoms with Gasteiger partial charge in [0, 0.05) is 25.2 Å². The lowest BCUT2D eigenvalue weighted by Crippen LogP contribution is -2.71.